The fourth-order valence-corrected chi connectivity index (χ4v) is 2.98. The molecular weight excluding hydrogens is 285 g/mol. The Balaban J connectivity index is 2.31. The largest absolute Gasteiger partial charge is 0.496 e. The minimum Gasteiger partial charge on any atom is -0.496 e. The molecule has 0 aromatic heterocycles. The molecule has 0 amide bonds. The summed E-state index contributed by atoms with van der Waals surface area (Å²) in [5, 5.41) is 10.8. The van der Waals surface area contributed by atoms with Crippen LogP contribution in [0, 0.1) is 5.92 Å². The molecule has 0 atom stereocenters. The Labute approximate surface area is 121 Å². The molecule has 1 aromatic carbocycles. The Kier molecular flexibility index (Phi) is 4.37. The molecule has 0 aliphatic heterocycles. The molecule has 1 saturated carbocycles. The molecule has 0 saturated heterocycles. The van der Waals surface area contributed by atoms with Gasteiger partial charge in [0.05, 0.1) is 31.3 Å². The lowest BCUT2D eigenvalue weighted by molar-refractivity contribution is -0.193. The summed E-state index contributed by atoms with van der Waals surface area (Å²) in [5.41, 5.74) is -0.907. The highest BCUT2D eigenvalue weighted by molar-refractivity contribution is 5.48. The molecule has 0 bridgehead atoms. The molecule has 1 fully saturated rings. The molecule has 0 spiro atoms. The first-order chi connectivity index (χ1) is 9.81. The monoisotopic (exact) mass is 304 g/mol. The number of aliphatic hydroxyl groups is 1. The Hall–Kier alpha value is -1.43. The van der Waals surface area contributed by atoms with Crippen molar-refractivity contribution in [3.63, 3.8) is 0 Å². The van der Waals surface area contributed by atoms with Crippen LogP contribution >= 0.6 is 0 Å². The van der Waals surface area contributed by atoms with Crippen molar-refractivity contribution < 1.29 is 27.8 Å². The molecule has 1 aromatic rings. The fourth-order valence-electron chi connectivity index (χ4n) is 2.98. The molecule has 3 nitrogen and oxygen atoms in total. The van der Waals surface area contributed by atoms with Crippen molar-refractivity contribution in [1.29, 1.82) is 0 Å². The molecule has 118 valence electrons. The summed E-state index contributed by atoms with van der Waals surface area (Å²) in [5.74, 6) is -0.483. The number of ether oxygens (including phenoxy) is 2. The third-order valence-electron chi connectivity index (χ3n) is 4.17. The standard InChI is InChI=1S/C15H19F3O3/c1-20-11-4-3-5-12(21-2)13(11)14(19)8-6-10(7-9-14)15(16,17)18/h3-5,10,19H,6-9H2,1-2H3. The highest BCUT2D eigenvalue weighted by atomic mass is 19.4. The first kappa shape index (κ1) is 15.9. The van der Waals surface area contributed by atoms with Gasteiger partial charge in [0.2, 0.25) is 0 Å². The van der Waals surface area contributed by atoms with Crippen molar-refractivity contribution in [2.75, 3.05) is 14.2 Å². The molecule has 1 aliphatic carbocycles. The van der Waals surface area contributed by atoms with E-state index in [0.717, 1.165) is 0 Å². The Bertz CT molecular complexity index is 469. The van der Waals surface area contributed by atoms with E-state index < -0.39 is 17.7 Å². The van der Waals surface area contributed by atoms with Gasteiger partial charge in [0, 0.05) is 0 Å². The molecule has 2 rings (SSSR count). The van der Waals surface area contributed by atoms with Crippen LogP contribution in [0.4, 0.5) is 13.2 Å². The number of hydrogen-bond donors (Lipinski definition) is 1. The molecule has 0 unspecified atom stereocenters. The lowest BCUT2D eigenvalue weighted by Gasteiger charge is -2.38. The smallest absolute Gasteiger partial charge is 0.391 e. The predicted octanol–water partition coefficient (Wildman–Crippen LogP) is 3.64. The summed E-state index contributed by atoms with van der Waals surface area (Å²) in [6.45, 7) is 0. The molecule has 1 aliphatic rings. The van der Waals surface area contributed by atoms with Crippen LogP contribution in [-0.4, -0.2) is 25.5 Å². The zero-order valence-corrected chi connectivity index (χ0v) is 12.0. The van der Waals surface area contributed by atoms with E-state index in [4.69, 9.17) is 9.47 Å². The molecule has 6 heteroatoms. The first-order valence-electron chi connectivity index (χ1n) is 6.82. The van der Waals surface area contributed by atoms with Gasteiger partial charge < -0.3 is 14.6 Å². The maximum atomic E-state index is 12.8. The van der Waals surface area contributed by atoms with Gasteiger partial charge in [0.25, 0.3) is 0 Å². The van der Waals surface area contributed by atoms with Crippen LogP contribution in [0.15, 0.2) is 18.2 Å². The van der Waals surface area contributed by atoms with E-state index in [1.807, 2.05) is 0 Å². The van der Waals surface area contributed by atoms with Crippen LogP contribution in [0.2, 0.25) is 0 Å². The second-order valence-electron chi connectivity index (χ2n) is 5.39. The molecule has 0 radical (unpaired) electrons. The van der Waals surface area contributed by atoms with Crippen molar-refractivity contribution in [3.8, 4) is 11.5 Å². The lowest BCUT2D eigenvalue weighted by Crippen LogP contribution is -2.36. The zero-order chi connectivity index (χ0) is 15.7. The van der Waals surface area contributed by atoms with E-state index in [1.165, 1.54) is 14.2 Å². The maximum absolute atomic E-state index is 12.8. The van der Waals surface area contributed by atoms with Gasteiger partial charge in [-0.25, -0.2) is 0 Å². The van der Waals surface area contributed by atoms with Crippen molar-refractivity contribution in [1.82, 2.24) is 0 Å². The van der Waals surface area contributed by atoms with Crippen molar-refractivity contribution in [2.24, 2.45) is 5.92 Å². The van der Waals surface area contributed by atoms with Crippen LogP contribution < -0.4 is 9.47 Å². The van der Waals surface area contributed by atoms with Gasteiger partial charge in [-0.2, -0.15) is 13.2 Å². The van der Waals surface area contributed by atoms with Crippen molar-refractivity contribution in [2.45, 2.75) is 37.5 Å². The summed E-state index contributed by atoms with van der Waals surface area (Å²) < 4.78 is 48.7. The van der Waals surface area contributed by atoms with E-state index in [0.29, 0.717) is 17.1 Å². The molecular formula is C15H19F3O3. The number of methoxy groups -OCH3 is 2. The minimum atomic E-state index is -4.20. The summed E-state index contributed by atoms with van der Waals surface area (Å²) in [7, 11) is 2.92. The topological polar surface area (TPSA) is 38.7 Å². The Morgan fingerprint density at radius 3 is 1.95 bits per heavy atom. The van der Waals surface area contributed by atoms with E-state index in [-0.39, 0.29) is 25.7 Å². The summed E-state index contributed by atoms with van der Waals surface area (Å²) in [6, 6.07) is 5.06. The first-order valence-corrected chi connectivity index (χ1v) is 6.82. The number of benzene rings is 1. The normalized spacial score (nSPS) is 26.5. The average molecular weight is 304 g/mol. The number of alkyl halides is 3. The van der Waals surface area contributed by atoms with Gasteiger partial charge in [-0.15, -0.1) is 0 Å². The second kappa shape index (κ2) is 5.75. The zero-order valence-electron chi connectivity index (χ0n) is 12.0. The lowest BCUT2D eigenvalue weighted by atomic mass is 9.74. The Morgan fingerprint density at radius 1 is 1.10 bits per heavy atom. The van der Waals surface area contributed by atoms with E-state index >= 15 is 0 Å². The predicted molar refractivity (Wildman–Crippen MR) is 71.5 cm³/mol. The fraction of sp³-hybridized carbons (Fsp3) is 0.600. The van der Waals surface area contributed by atoms with Crippen molar-refractivity contribution >= 4 is 0 Å². The van der Waals surface area contributed by atoms with Gasteiger partial charge in [-0.1, -0.05) is 6.07 Å². The van der Waals surface area contributed by atoms with Gasteiger partial charge in [-0.05, 0) is 37.8 Å². The van der Waals surface area contributed by atoms with E-state index in [9.17, 15) is 18.3 Å². The number of halogens is 3. The third kappa shape index (κ3) is 3.10. The van der Waals surface area contributed by atoms with Gasteiger partial charge in [0.15, 0.2) is 0 Å². The SMILES string of the molecule is COc1cccc(OC)c1C1(O)CCC(C(F)(F)F)CC1. The number of rotatable bonds is 3. The average Bonchev–Trinajstić information content (AvgIpc) is 2.45. The minimum absolute atomic E-state index is 0.0356. The molecule has 1 N–H and O–H groups in total. The van der Waals surface area contributed by atoms with Crippen LogP contribution in [-0.2, 0) is 5.60 Å². The second-order valence-corrected chi connectivity index (χ2v) is 5.39. The van der Waals surface area contributed by atoms with E-state index in [2.05, 4.69) is 0 Å². The number of hydrogen-bond acceptors (Lipinski definition) is 3. The van der Waals surface area contributed by atoms with Crippen LogP contribution in [0.3, 0.4) is 0 Å². The van der Waals surface area contributed by atoms with Crippen molar-refractivity contribution in [3.05, 3.63) is 23.8 Å². The van der Waals surface area contributed by atoms with Gasteiger partial charge in [-0.3, -0.25) is 0 Å². The van der Waals surface area contributed by atoms with E-state index in [1.54, 1.807) is 18.2 Å². The maximum Gasteiger partial charge on any atom is 0.391 e. The highest BCUT2D eigenvalue weighted by Crippen LogP contribution is 2.49. The molecule has 0 heterocycles. The van der Waals surface area contributed by atoms with Crippen LogP contribution in [0.1, 0.15) is 31.2 Å². The summed E-state index contributed by atoms with van der Waals surface area (Å²) >= 11 is 0. The summed E-state index contributed by atoms with van der Waals surface area (Å²) in [6.07, 6.45) is -4.32. The molecule has 21 heavy (non-hydrogen) atoms. The van der Waals surface area contributed by atoms with Gasteiger partial charge >= 0.3 is 6.18 Å². The summed E-state index contributed by atoms with van der Waals surface area (Å²) in [4.78, 5) is 0. The van der Waals surface area contributed by atoms with Crippen LogP contribution in [0.5, 0.6) is 11.5 Å². The highest BCUT2D eigenvalue weighted by Gasteiger charge is 2.47. The third-order valence-corrected chi connectivity index (χ3v) is 4.17. The van der Waals surface area contributed by atoms with Gasteiger partial charge in [0.1, 0.15) is 11.5 Å². The Morgan fingerprint density at radius 2 is 1.57 bits per heavy atom. The van der Waals surface area contributed by atoms with Crippen LogP contribution in [0.25, 0.3) is 0 Å². The quantitative estimate of drug-likeness (QED) is 0.926.